The summed E-state index contributed by atoms with van der Waals surface area (Å²) in [7, 11) is 4.28. The molecule has 7 nitrogen and oxygen atoms in total. The van der Waals surface area contributed by atoms with Crippen LogP contribution < -0.4 is 14.8 Å². The highest BCUT2D eigenvalue weighted by Gasteiger charge is 2.15. The van der Waals surface area contributed by atoms with Crippen molar-refractivity contribution in [2.75, 3.05) is 26.6 Å². The molecular formula is C10H15N3O4. The number of aromatic nitrogens is 2. The number of carbonyl (C=O) groups excluding carboxylic acids is 1. The molecule has 1 rings (SSSR count). The average Bonchev–Trinajstić information content (AvgIpc) is 2.36. The van der Waals surface area contributed by atoms with Crippen molar-refractivity contribution < 1.29 is 19.0 Å². The third kappa shape index (κ3) is 3.47. The van der Waals surface area contributed by atoms with E-state index in [-0.39, 0.29) is 5.95 Å². The largest absolute Gasteiger partial charge is 0.481 e. The fourth-order valence-corrected chi connectivity index (χ4v) is 1.11. The number of anilines is 1. The van der Waals surface area contributed by atoms with Gasteiger partial charge in [-0.1, -0.05) is 0 Å². The predicted octanol–water partition coefficient (Wildman–Crippen LogP) is 0.467. The number of esters is 1. The van der Waals surface area contributed by atoms with Crippen molar-refractivity contribution >= 4 is 11.9 Å². The van der Waals surface area contributed by atoms with Crippen molar-refractivity contribution in [3.05, 3.63) is 6.07 Å². The normalized spacial score (nSPS) is 11.5. The highest BCUT2D eigenvalue weighted by atomic mass is 16.5. The van der Waals surface area contributed by atoms with Crippen LogP contribution in [-0.2, 0) is 9.53 Å². The molecule has 1 N–H and O–H groups in total. The minimum absolute atomic E-state index is 0.235. The Morgan fingerprint density at radius 3 is 2.18 bits per heavy atom. The SMILES string of the molecule is COC(=O)C(C)Nc1nc(OC)cc(OC)n1. The molecular weight excluding hydrogens is 226 g/mol. The number of hydrogen-bond acceptors (Lipinski definition) is 7. The first-order chi connectivity index (χ1) is 8.10. The zero-order valence-electron chi connectivity index (χ0n) is 10.2. The first-order valence-electron chi connectivity index (χ1n) is 4.92. The van der Waals surface area contributed by atoms with Crippen LogP contribution in [0.15, 0.2) is 6.07 Å². The van der Waals surface area contributed by atoms with Crippen molar-refractivity contribution in [2.45, 2.75) is 13.0 Å². The summed E-state index contributed by atoms with van der Waals surface area (Å²) >= 11 is 0. The van der Waals surface area contributed by atoms with E-state index in [1.807, 2.05) is 0 Å². The lowest BCUT2D eigenvalue weighted by Crippen LogP contribution is -2.28. The number of hydrogen-bond donors (Lipinski definition) is 1. The molecule has 7 heteroatoms. The number of carbonyl (C=O) groups is 1. The van der Waals surface area contributed by atoms with Gasteiger partial charge in [-0.15, -0.1) is 0 Å². The van der Waals surface area contributed by atoms with Gasteiger partial charge in [0.2, 0.25) is 17.7 Å². The van der Waals surface area contributed by atoms with E-state index >= 15 is 0 Å². The fourth-order valence-electron chi connectivity index (χ4n) is 1.11. The smallest absolute Gasteiger partial charge is 0.328 e. The highest BCUT2D eigenvalue weighted by Crippen LogP contribution is 2.17. The van der Waals surface area contributed by atoms with Crippen molar-refractivity contribution in [2.24, 2.45) is 0 Å². The number of nitrogens with one attached hydrogen (secondary N) is 1. The van der Waals surface area contributed by atoms with Gasteiger partial charge in [0.1, 0.15) is 6.04 Å². The zero-order chi connectivity index (χ0) is 12.8. The Morgan fingerprint density at radius 2 is 1.76 bits per heavy atom. The Bertz CT molecular complexity index is 375. The van der Waals surface area contributed by atoms with Crippen molar-refractivity contribution in [3.8, 4) is 11.8 Å². The molecule has 1 heterocycles. The van der Waals surface area contributed by atoms with Crippen molar-refractivity contribution in [1.82, 2.24) is 9.97 Å². The molecule has 0 saturated carbocycles. The molecule has 0 saturated heterocycles. The molecule has 0 aromatic carbocycles. The Morgan fingerprint density at radius 1 is 1.24 bits per heavy atom. The van der Waals surface area contributed by atoms with Crippen LogP contribution in [0.5, 0.6) is 11.8 Å². The van der Waals surface area contributed by atoms with E-state index in [0.717, 1.165) is 0 Å². The van der Waals surface area contributed by atoms with Gasteiger partial charge in [-0.05, 0) is 6.92 Å². The van der Waals surface area contributed by atoms with Gasteiger partial charge in [-0.2, -0.15) is 9.97 Å². The summed E-state index contributed by atoms with van der Waals surface area (Å²) in [5.41, 5.74) is 0. The summed E-state index contributed by atoms with van der Waals surface area (Å²) < 4.78 is 14.5. The molecule has 0 radical (unpaired) electrons. The highest BCUT2D eigenvalue weighted by molar-refractivity contribution is 5.77. The molecule has 0 spiro atoms. The van der Waals surface area contributed by atoms with Crippen LogP contribution in [0, 0.1) is 0 Å². The molecule has 1 aromatic heterocycles. The van der Waals surface area contributed by atoms with Gasteiger partial charge in [0.05, 0.1) is 27.4 Å². The van der Waals surface area contributed by atoms with E-state index < -0.39 is 12.0 Å². The molecule has 0 fully saturated rings. The van der Waals surface area contributed by atoms with E-state index in [4.69, 9.17) is 9.47 Å². The molecule has 94 valence electrons. The lowest BCUT2D eigenvalue weighted by molar-refractivity contribution is -0.141. The lowest BCUT2D eigenvalue weighted by atomic mass is 10.3. The van der Waals surface area contributed by atoms with Crippen molar-refractivity contribution in [1.29, 1.82) is 0 Å². The molecule has 0 aliphatic heterocycles. The maximum atomic E-state index is 11.2. The first-order valence-corrected chi connectivity index (χ1v) is 4.92. The van der Waals surface area contributed by atoms with Crippen molar-refractivity contribution in [3.63, 3.8) is 0 Å². The minimum atomic E-state index is -0.559. The Labute approximate surface area is 99.1 Å². The van der Waals surface area contributed by atoms with Gasteiger partial charge >= 0.3 is 5.97 Å². The van der Waals surface area contributed by atoms with E-state index in [1.165, 1.54) is 27.4 Å². The predicted molar refractivity (Wildman–Crippen MR) is 60.2 cm³/mol. The summed E-state index contributed by atoms with van der Waals surface area (Å²) in [6.07, 6.45) is 0. The molecule has 0 aliphatic carbocycles. The Hall–Kier alpha value is -2.05. The van der Waals surface area contributed by atoms with E-state index in [0.29, 0.717) is 11.8 Å². The molecule has 0 amide bonds. The number of ether oxygens (including phenoxy) is 3. The van der Waals surface area contributed by atoms with Crippen LogP contribution in [0.2, 0.25) is 0 Å². The third-order valence-electron chi connectivity index (χ3n) is 2.00. The number of rotatable bonds is 5. The van der Waals surface area contributed by atoms with Gasteiger partial charge in [-0.3, -0.25) is 0 Å². The molecule has 1 unspecified atom stereocenters. The van der Waals surface area contributed by atoms with E-state index in [1.54, 1.807) is 6.92 Å². The van der Waals surface area contributed by atoms with Crippen LogP contribution in [0.3, 0.4) is 0 Å². The zero-order valence-corrected chi connectivity index (χ0v) is 10.2. The summed E-state index contributed by atoms with van der Waals surface area (Å²) in [6.45, 7) is 1.64. The Balaban J connectivity index is 2.86. The molecule has 0 bridgehead atoms. The summed E-state index contributed by atoms with van der Waals surface area (Å²) in [5.74, 6) is 0.516. The summed E-state index contributed by atoms with van der Waals surface area (Å²) in [6, 6.07) is 0.977. The fraction of sp³-hybridized carbons (Fsp3) is 0.500. The summed E-state index contributed by atoms with van der Waals surface area (Å²) in [4.78, 5) is 19.3. The average molecular weight is 241 g/mol. The van der Waals surface area contributed by atoms with Gasteiger partial charge < -0.3 is 19.5 Å². The quantitative estimate of drug-likeness (QED) is 0.750. The van der Waals surface area contributed by atoms with E-state index in [2.05, 4.69) is 20.0 Å². The number of nitrogens with zero attached hydrogens (tertiary/aromatic N) is 2. The van der Waals surface area contributed by atoms with Crippen LogP contribution in [0.4, 0.5) is 5.95 Å². The second kappa shape index (κ2) is 5.88. The minimum Gasteiger partial charge on any atom is -0.481 e. The third-order valence-corrected chi connectivity index (χ3v) is 2.00. The van der Waals surface area contributed by atoms with Crippen LogP contribution in [-0.4, -0.2) is 43.3 Å². The van der Waals surface area contributed by atoms with Gasteiger partial charge in [-0.25, -0.2) is 4.79 Å². The van der Waals surface area contributed by atoms with Gasteiger partial charge in [0, 0.05) is 0 Å². The van der Waals surface area contributed by atoms with Crippen LogP contribution in [0.25, 0.3) is 0 Å². The lowest BCUT2D eigenvalue weighted by Gasteiger charge is -2.12. The second-order valence-corrected chi connectivity index (χ2v) is 3.17. The van der Waals surface area contributed by atoms with Crippen LogP contribution >= 0.6 is 0 Å². The molecule has 1 aromatic rings. The van der Waals surface area contributed by atoms with Gasteiger partial charge in [0.25, 0.3) is 0 Å². The standard InChI is InChI=1S/C10H15N3O4/c1-6(9(14)17-4)11-10-12-7(15-2)5-8(13-10)16-3/h5-6H,1-4H3,(H,11,12,13). The molecule has 17 heavy (non-hydrogen) atoms. The molecule has 0 aliphatic rings. The summed E-state index contributed by atoms with van der Waals surface area (Å²) in [5, 5.41) is 2.79. The molecule has 1 atom stereocenters. The van der Waals surface area contributed by atoms with E-state index in [9.17, 15) is 4.79 Å². The first kappa shape index (κ1) is 13.0. The monoisotopic (exact) mass is 241 g/mol. The van der Waals surface area contributed by atoms with Gasteiger partial charge in [0.15, 0.2) is 0 Å². The number of methoxy groups -OCH3 is 3. The Kier molecular flexibility index (Phi) is 4.50. The maximum Gasteiger partial charge on any atom is 0.328 e. The maximum absolute atomic E-state index is 11.2. The van der Waals surface area contributed by atoms with Crippen LogP contribution in [0.1, 0.15) is 6.92 Å². The topological polar surface area (TPSA) is 82.6 Å². The second-order valence-electron chi connectivity index (χ2n) is 3.17.